The summed E-state index contributed by atoms with van der Waals surface area (Å²) in [5.74, 6) is 1.88. The highest BCUT2D eigenvalue weighted by molar-refractivity contribution is 6.30. The normalized spacial score (nSPS) is 19.1. The number of fused-ring (bicyclic) bond motifs is 1. The quantitative estimate of drug-likeness (QED) is 0.337. The number of nitrogens with zero attached hydrogens (tertiary/aromatic N) is 2. The van der Waals surface area contributed by atoms with Crippen LogP contribution in [0, 0.1) is 5.92 Å². The first kappa shape index (κ1) is 25.4. The van der Waals surface area contributed by atoms with Gasteiger partial charge in [0.25, 0.3) is 0 Å². The second-order valence-electron chi connectivity index (χ2n) is 9.84. The van der Waals surface area contributed by atoms with Gasteiger partial charge in [0.2, 0.25) is 0 Å². The summed E-state index contributed by atoms with van der Waals surface area (Å²) in [7, 11) is 3.29. The third kappa shape index (κ3) is 4.88. The maximum atomic E-state index is 14.4. The molecule has 0 bridgehead atoms. The summed E-state index contributed by atoms with van der Waals surface area (Å²) < 4.78 is 10.7. The maximum absolute atomic E-state index is 14.4. The molecule has 2 aliphatic rings. The summed E-state index contributed by atoms with van der Waals surface area (Å²) in [6, 6.07) is 21.5. The van der Waals surface area contributed by atoms with Gasteiger partial charge in [-0.25, -0.2) is 4.79 Å². The van der Waals surface area contributed by atoms with Gasteiger partial charge in [-0.15, -0.1) is 0 Å². The average Bonchev–Trinajstić information content (AvgIpc) is 3.78. The monoisotopic (exact) mass is 520 g/mol. The largest absolute Gasteiger partial charge is 0.497 e. The highest BCUT2D eigenvalue weighted by Gasteiger charge is 2.56. The molecule has 0 saturated heterocycles. The predicted octanol–water partition coefficient (Wildman–Crippen LogP) is 6.38. The summed E-state index contributed by atoms with van der Waals surface area (Å²) in [5.41, 5.74) is 3.46. The lowest BCUT2D eigenvalue weighted by molar-refractivity contribution is 0.0668. The van der Waals surface area contributed by atoms with E-state index in [-0.39, 0.29) is 12.6 Å². The third-order valence-corrected chi connectivity index (χ3v) is 7.86. The molecule has 0 aromatic heterocycles. The Kier molecular flexibility index (Phi) is 7.31. The van der Waals surface area contributed by atoms with Gasteiger partial charge in [-0.2, -0.15) is 0 Å². The summed E-state index contributed by atoms with van der Waals surface area (Å²) in [6.45, 7) is 0.956. The van der Waals surface area contributed by atoms with Gasteiger partial charge in [0.15, 0.2) is 0 Å². The van der Waals surface area contributed by atoms with Crippen LogP contribution in [0.5, 0.6) is 11.5 Å². The minimum atomic E-state index is -0.531. The standard InChI is InChI=1S/C30H33ClN2O4/c1-36-25-11-4-21(5-12-25)19-32-28-15-10-24(31)18-27(28)30(16-3-17-34,23-8-9-23)33(29(32)35)20-22-6-13-26(37-2)14-7-22/h4-7,10-15,18,23,34H,3,8-9,16-17,19-20H2,1-2H3. The van der Waals surface area contributed by atoms with Crippen LogP contribution in [-0.2, 0) is 18.6 Å². The third-order valence-electron chi connectivity index (χ3n) is 7.63. The second-order valence-corrected chi connectivity index (χ2v) is 10.3. The van der Waals surface area contributed by atoms with Crippen LogP contribution in [0.2, 0.25) is 5.02 Å². The molecular weight excluding hydrogens is 488 g/mol. The first-order chi connectivity index (χ1) is 18.0. The van der Waals surface area contributed by atoms with Gasteiger partial charge < -0.3 is 19.5 Å². The van der Waals surface area contributed by atoms with Crippen molar-refractivity contribution in [1.82, 2.24) is 4.90 Å². The number of urea groups is 1. The molecule has 1 fully saturated rings. The van der Waals surface area contributed by atoms with E-state index in [4.69, 9.17) is 21.1 Å². The topological polar surface area (TPSA) is 62.2 Å². The number of halogens is 1. The van der Waals surface area contributed by atoms with Crippen LogP contribution in [0.15, 0.2) is 66.7 Å². The van der Waals surface area contributed by atoms with Crippen LogP contribution in [-0.4, -0.2) is 36.9 Å². The molecular formula is C30H33ClN2O4. The highest BCUT2D eigenvalue weighted by atomic mass is 35.5. The van der Waals surface area contributed by atoms with Gasteiger partial charge in [-0.05, 0) is 85.2 Å². The smallest absolute Gasteiger partial charge is 0.325 e. The Bertz CT molecular complexity index is 1240. The molecule has 3 aromatic carbocycles. The van der Waals surface area contributed by atoms with E-state index >= 15 is 0 Å². The predicted molar refractivity (Wildman–Crippen MR) is 145 cm³/mol. The van der Waals surface area contributed by atoms with E-state index in [0.717, 1.165) is 46.7 Å². The van der Waals surface area contributed by atoms with Crippen molar-refractivity contribution in [2.75, 3.05) is 25.7 Å². The van der Waals surface area contributed by atoms with Crippen LogP contribution >= 0.6 is 11.6 Å². The lowest BCUT2D eigenvalue weighted by atomic mass is 9.76. The molecule has 7 heteroatoms. The highest BCUT2D eigenvalue weighted by Crippen LogP contribution is 2.57. The molecule has 5 rings (SSSR count). The minimum absolute atomic E-state index is 0.0358. The molecule has 1 atom stereocenters. The molecule has 1 N–H and O–H groups in total. The fraction of sp³-hybridized carbons (Fsp3) is 0.367. The summed E-state index contributed by atoms with van der Waals surface area (Å²) in [6.07, 6.45) is 3.37. The Labute approximate surface area is 223 Å². The number of aliphatic hydroxyl groups excluding tert-OH is 1. The zero-order chi connectivity index (χ0) is 26.0. The maximum Gasteiger partial charge on any atom is 0.325 e. The molecule has 6 nitrogen and oxygen atoms in total. The van der Waals surface area contributed by atoms with E-state index in [0.29, 0.717) is 36.9 Å². The Morgan fingerprint density at radius 1 is 0.919 bits per heavy atom. The number of ether oxygens (including phenoxy) is 2. The van der Waals surface area contributed by atoms with Gasteiger partial charge in [-0.1, -0.05) is 35.9 Å². The van der Waals surface area contributed by atoms with E-state index < -0.39 is 5.54 Å². The van der Waals surface area contributed by atoms with Crippen LogP contribution in [0.25, 0.3) is 0 Å². The zero-order valence-corrected chi connectivity index (χ0v) is 22.1. The first-order valence-corrected chi connectivity index (χ1v) is 13.1. The molecule has 37 heavy (non-hydrogen) atoms. The van der Waals surface area contributed by atoms with E-state index in [1.54, 1.807) is 14.2 Å². The molecule has 0 radical (unpaired) electrons. The molecule has 1 aliphatic carbocycles. The van der Waals surface area contributed by atoms with Crippen LogP contribution in [0.1, 0.15) is 42.4 Å². The Morgan fingerprint density at radius 3 is 2.05 bits per heavy atom. The van der Waals surface area contributed by atoms with Gasteiger partial charge in [-0.3, -0.25) is 4.90 Å². The number of aliphatic hydroxyl groups is 1. The van der Waals surface area contributed by atoms with Crippen molar-refractivity contribution in [3.63, 3.8) is 0 Å². The van der Waals surface area contributed by atoms with E-state index in [1.807, 2.05) is 76.5 Å². The lowest BCUT2D eigenvalue weighted by Crippen LogP contribution is -2.59. The average molecular weight is 521 g/mol. The first-order valence-electron chi connectivity index (χ1n) is 12.8. The van der Waals surface area contributed by atoms with Crippen molar-refractivity contribution in [2.24, 2.45) is 5.92 Å². The number of rotatable bonds is 10. The summed E-state index contributed by atoms with van der Waals surface area (Å²) in [4.78, 5) is 18.3. The van der Waals surface area contributed by atoms with E-state index in [1.165, 1.54) is 0 Å². The van der Waals surface area contributed by atoms with Gasteiger partial charge in [0.1, 0.15) is 11.5 Å². The van der Waals surface area contributed by atoms with Gasteiger partial charge in [0, 0.05) is 23.7 Å². The number of amides is 2. The Morgan fingerprint density at radius 2 is 1.51 bits per heavy atom. The summed E-state index contributed by atoms with van der Waals surface area (Å²) in [5, 5.41) is 10.5. The van der Waals surface area contributed by atoms with Crippen LogP contribution < -0.4 is 14.4 Å². The number of carbonyl (C=O) groups is 1. The fourth-order valence-corrected chi connectivity index (χ4v) is 5.84. The van der Waals surface area contributed by atoms with Crippen molar-refractivity contribution in [2.45, 2.75) is 44.3 Å². The molecule has 3 aromatic rings. The van der Waals surface area contributed by atoms with Crippen LogP contribution in [0.3, 0.4) is 0 Å². The minimum Gasteiger partial charge on any atom is -0.497 e. The molecule has 1 saturated carbocycles. The van der Waals surface area contributed by atoms with Gasteiger partial charge in [0.05, 0.1) is 32.0 Å². The van der Waals surface area contributed by atoms with E-state index in [9.17, 15) is 9.90 Å². The number of anilines is 1. The number of carbonyl (C=O) groups excluding carboxylic acids is 1. The van der Waals surface area contributed by atoms with Crippen molar-refractivity contribution < 1.29 is 19.4 Å². The number of hydrogen-bond acceptors (Lipinski definition) is 4. The van der Waals surface area contributed by atoms with Crippen molar-refractivity contribution in [1.29, 1.82) is 0 Å². The molecule has 1 heterocycles. The number of methoxy groups -OCH3 is 2. The Balaban J connectivity index is 1.62. The van der Waals surface area contributed by atoms with Crippen molar-refractivity contribution in [3.8, 4) is 11.5 Å². The van der Waals surface area contributed by atoms with Crippen LogP contribution in [0.4, 0.5) is 10.5 Å². The molecule has 0 spiro atoms. The zero-order valence-electron chi connectivity index (χ0n) is 21.3. The fourth-order valence-electron chi connectivity index (χ4n) is 5.67. The molecule has 1 aliphatic heterocycles. The van der Waals surface area contributed by atoms with Gasteiger partial charge >= 0.3 is 6.03 Å². The van der Waals surface area contributed by atoms with E-state index in [2.05, 4.69) is 0 Å². The SMILES string of the molecule is COc1ccc(CN2C(=O)N(Cc3ccc(OC)cc3)C(CCCO)(C3CC3)c3cc(Cl)ccc32)cc1. The molecule has 194 valence electrons. The van der Waals surface area contributed by atoms with Crippen molar-refractivity contribution in [3.05, 3.63) is 88.4 Å². The summed E-state index contributed by atoms with van der Waals surface area (Å²) >= 11 is 6.58. The molecule has 1 unspecified atom stereocenters. The Hall–Kier alpha value is -3.22. The second kappa shape index (κ2) is 10.6. The number of hydrogen-bond donors (Lipinski definition) is 1. The number of benzene rings is 3. The molecule has 2 amide bonds. The lowest BCUT2D eigenvalue weighted by Gasteiger charge is -2.52. The van der Waals surface area contributed by atoms with Crippen molar-refractivity contribution >= 4 is 23.3 Å².